The van der Waals surface area contributed by atoms with Gasteiger partial charge in [-0.25, -0.2) is 0 Å². The van der Waals surface area contributed by atoms with Crippen LogP contribution in [-0.4, -0.2) is 63.6 Å². The number of carbonyl (C=O) groups is 1. The zero-order chi connectivity index (χ0) is 16.8. The van der Waals surface area contributed by atoms with Crippen LogP contribution in [0.1, 0.15) is 6.42 Å². The number of hydrogen-bond acceptors (Lipinski definition) is 3. The summed E-state index contributed by atoms with van der Waals surface area (Å²) in [4.78, 5) is 19.7. The van der Waals surface area contributed by atoms with E-state index in [9.17, 15) is 4.79 Å². The van der Waals surface area contributed by atoms with Crippen LogP contribution >= 0.6 is 35.6 Å². The van der Waals surface area contributed by atoms with Crippen LogP contribution in [-0.2, 0) is 4.79 Å². The Morgan fingerprint density at radius 3 is 2.83 bits per heavy atom. The highest BCUT2D eigenvalue weighted by Gasteiger charge is 2.23. The molecule has 1 aromatic carbocycles. The van der Waals surface area contributed by atoms with Crippen LogP contribution in [0, 0.1) is 0 Å². The minimum atomic E-state index is 0. The molecule has 0 bridgehead atoms. The SMILES string of the molecule is CN=C(NCC(=O)N(C)C)NC1CCN(c2cccc(Cl)c2)C1.I. The lowest BCUT2D eigenvalue weighted by atomic mass is 10.3. The van der Waals surface area contributed by atoms with Crippen LogP contribution in [0.2, 0.25) is 5.02 Å². The first-order chi connectivity index (χ1) is 11.0. The summed E-state index contributed by atoms with van der Waals surface area (Å²) in [5.74, 6) is 0.665. The smallest absolute Gasteiger partial charge is 0.241 e. The summed E-state index contributed by atoms with van der Waals surface area (Å²) in [6, 6.07) is 8.18. The molecule has 0 aromatic heterocycles. The molecular weight excluding hydrogens is 441 g/mol. The molecule has 0 spiro atoms. The van der Waals surface area contributed by atoms with Gasteiger partial charge in [0, 0.05) is 51.0 Å². The molecule has 1 saturated heterocycles. The summed E-state index contributed by atoms with van der Waals surface area (Å²) in [6.07, 6.45) is 1.01. The minimum Gasteiger partial charge on any atom is -0.369 e. The highest BCUT2D eigenvalue weighted by Crippen LogP contribution is 2.23. The van der Waals surface area contributed by atoms with Gasteiger partial charge in [0.2, 0.25) is 5.91 Å². The summed E-state index contributed by atoms with van der Waals surface area (Å²) < 4.78 is 0. The third-order valence-corrected chi connectivity index (χ3v) is 4.07. The quantitative estimate of drug-likeness (QED) is 0.404. The highest BCUT2D eigenvalue weighted by molar-refractivity contribution is 14.0. The Labute approximate surface area is 165 Å². The molecule has 6 nitrogen and oxygen atoms in total. The highest BCUT2D eigenvalue weighted by atomic mass is 127. The van der Waals surface area contributed by atoms with Crippen molar-refractivity contribution in [2.24, 2.45) is 4.99 Å². The van der Waals surface area contributed by atoms with Crippen LogP contribution in [0.25, 0.3) is 0 Å². The van der Waals surface area contributed by atoms with E-state index in [2.05, 4.69) is 26.6 Å². The second kappa shape index (κ2) is 9.93. The van der Waals surface area contributed by atoms with Gasteiger partial charge in [0.15, 0.2) is 5.96 Å². The van der Waals surface area contributed by atoms with E-state index >= 15 is 0 Å². The molecule has 1 aliphatic heterocycles. The van der Waals surface area contributed by atoms with Crippen LogP contribution in [0.4, 0.5) is 5.69 Å². The van der Waals surface area contributed by atoms with Gasteiger partial charge in [-0.15, -0.1) is 24.0 Å². The Morgan fingerprint density at radius 1 is 1.46 bits per heavy atom. The molecule has 134 valence electrons. The summed E-state index contributed by atoms with van der Waals surface area (Å²) in [5.41, 5.74) is 1.13. The van der Waals surface area contributed by atoms with Gasteiger partial charge in [-0.05, 0) is 24.6 Å². The third kappa shape index (κ3) is 6.01. The first kappa shape index (κ1) is 20.8. The molecule has 0 aliphatic carbocycles. The Morgan fingerprint density at radius 2 is 2.21 bits per heavy atom. The molecule has 24 heavy (non-hydrogen) atoms. The molecule has 1 amide bonds. The van der Waals surface area contributed by atoms with Crippen LogP contribution < -0.4 is 15.5 Å². The number of carbonyl (C=O) groups excluding carboxylic acids is 1. The molecule has 1 unspecified atom stereocenters. The van der Waals surface area contributed by atoms with Crippen molar-refractivity contribution in [2.45, 2.75) is 12.5 Å². The van der Waals surface area contributed by atoms with Gasteiger partial charge in [-0.1, -0.05) is 17.7 Å². The number of nitrogens with zero attached hydrogens (tertiary/aromatic N) is 3. The normalized spacial score (nSPS) is 17.2. The van der Waals surface area contributed by atoms with E-state index in [0.29, 0.717) is 5.96 Å². The van der Waals surface area contributed by atoms with E-state index in [1.807, 2.05) is 18.2 Å². The van der Waals surface area contributed by atoms with Gasteiger partial charge in [0.25, 0.3) is 0 Å². The Bertz CT molecular complexity index is 581. The van der Waals surface area contributed by atoms with E-state index in [4.69, 9.17) is 11.6 Å². The fraction of sp³-hybridized carbons (Fsp3) is 0.500. The number of halogens is 2. The molecular formula is C16H25ClIN5O. The Kier molecular flexibility index (Phi) is 8.61. The fourth-order valence-corrected chi connectivity index (χ4v) is 2.68. The second-order valence-electron chi connectivity index (χ2n) is 5.77. The first-order valence-electron chi connectivity index (χ1n) is 7.67. The lowest BCUT2D eigenvalue weighted by Gasteiger charge is -2.21. The van der Waals surface area contributed by atoms with Gasteiger partial charge in [0.05, 0.1) is 6.54 Å². The third-order valence-electron chi connectivity index (χ3n) is 3.83. The van der Waals surface area contributed by atoms with Crippen LogP contribution in [0.3, 0.4) is 0 Å². The second-order valence-corrected chi connectivity index (χ2v) is 6.21. The Hall–Kier alpha value is -1.22. The van der Waals surface area contributed by atoms with Gasteiger partial charge < -0.3 is 20.4 Å². The summed E-state index contributed by atoms with van der Waals surface area (Å²) in [7, 11) is 5.18. The predicted octanol–water partition coefficient (Wildman–Crippen LogP) is 1.79. The van der Waals surface area contributed by atoms with Crippen molar-refractivity contribution >= 4 is 53.1 Å². The number of rotatable bonds is 4. The molecule has 1 aliphatic rings. The average molecular weight is 466 g/mol. The Balaban J connectivity index is 0.00000288. The lowest BCUT2D eigenvalue weighted by molar-refractivity contribution is -0.127. The molecule has 0 saturated carbocycles. The molecule has 2 rings (SSSR count). The lowest BCUT2D eigenvalue weighted by Crippen LogP contribution is -2.47. The van der Waals surface area contributed by atoms with E-state index < -0.39 is 0 Å². The molecule has 0 radical (unpaired) electrons. The standard InChI is InChI=1S/C16H24ClN5O.HI/c1-18-16(19-10-15(23)21(2)3)20-13-7-8-22(11-13)14-6-4-5-12(17)9-14;/h4-6,9,13H,7-8,10-11H2,1-3H3,(H2,18,19,20);1H. The topological polar surface area (TPSA) is 60.0 Å². The number of nitrogens with one attached hydrogen (secondary N) is 2. The van der Waals surface area contributed by atoms with Crippen molar-refractivity contribution in [3.63, 3.8) is 0 Å². The first-order valence-corrected chi connectivity index (χ1v) is 8.05. The van der Waals surface area contributed by atoms with Gasteiger partial charge in [-0.2, -0.15) is 0 Å². The maximum absolute atomic E-state index is 11.6. The van der Waals surface area contributed by atoms with Gasteiger partial charge in [0.1, 0.15) is 0 Å². The number of hydrogen-bond donors (Lipinski definition) is 2. The maximum atomic E-state index is 11.6. The molecule has 1 aromatic rings. The number of aliphatic imine (C=N–C) groups is 1. The summed E-state index contributed by atoms with van der Waals surface area (Å²) in [6.45, 7) is 2.08. The molecule has 8 heteroatoms. The van der Waals surface area contributed by atoms with E-state index in [1.165, 1.54) is 0 Å². The van der Waals surface area contributed by atoms with Crippen molar-refractivity contribution < 1.29 is 4.79 Å². The van der Waals surface area contributed by atoms with Gasteiger partial charge in [-0.3, -0.25) is 9.79 Å². The molecule has 1 fully saturated rings. The molecule has 1 atom stereocenters. The number of anilines is 1. The number of benzene rings is 1. The van der Waals surface area contributed by atoms with Gasteiger partial charge >= 0.3 is 0 Å². The van der Waals surface area contributed by atoms with Crippen LogP contribution in [0.15, 0.2) is 29.3 Å². The summed E-state index contributed by atoms with van der Waals surface area (Å²) >= 11 is 6.06. The van der Waals surface area contributed by atoms with Crippen LogP contribution in [0.5, 0.6) is 0 Å². The molecule has 1 heterocycles. The van der Waals surface area contributed by atoms with Crippen molar-refractivity contribution in [1.29, 1.82) is 0 Å². The minimum absolute atomic E-state index is 0. The zero-order valence-electron chi connectivity index (χ0n) is 14.3. The number of likely N-dealkylation sites (N-methyl/N-ethyl adjacent to an activating group) is 1. The fourth-order valence-electron chi connectivity index (χ4n) is 2.49. The van der Waals surface area contributed by atoms with Crippen molar-refractivity contribution in [2.75, 3.05) is 45.7 Å². The maximum Gasteiger partial charge on any atom is 0.241 e. The average Bonchev–Trinajstić information content (AvgIpc) is 2.99. The van der Waals surface area contributed by atoms with Crippen molar-refractivity contribution in [1.82, 2.24) is 15.5 Å². The molecule has 2 N–H and O–H groups in total. The predicted molar refractivity (Wildman–Crippen MR) is 111 cm³/mol. The number of amides is 1. The number of guanidine groups is 1. The largest absolute Gasteiger partial charge is 0.369 e. The van der Waals surface area contributed by atoms with E-state index in [0.717, 1.165) is 30.2 Å². The summed E-state index contributed by atoms with van der Waals surface area (Å²) in [5, 5.41) is 7.17. The van der Waals surface area contributed by atoms with E-state index in [1.54, 1.807) is 26.0 Å². The monoisotopic (exact) mass is 465 g/mol. The van der Waals surface area contributed by atoms with E-state index in [-0.39, 0.29) is 42.5 Å². The zero-order valence-corrected chi connectivity index (χ0v) is 17.3. The van der Waals surface area contributed by atoms with Crippen molar-refractivity contribution in [3.05, 3.63) is 29.3 Å². The van der Waals surface area contributed by atoms with Crippen molar-refractivity contribution in [3.8, 4) is 0 Å².